The van der Waals surface area contributed by atoms with Crippen LogP contribution in [0.4, 0.5) is 11.4 Å². The zero-order valence-electron chi connectivity index (χ0n) is 13.2. The average molecular weight is 344 g/mol. The van der Waals surface area contributed by atoms with Gasteiger partial charge < -0.3 is 20.7 Å². The van der Waals surface area contributed by atoms with E-state index in [1.807, 2.05) is 19.1 Å². The van der Waals surface area contributed by atoms with Crippen molar-refractivity contribution in [2.75, 3.05) is 11.9 Å². The van der Waals surface area contributed by atoms with Crippen molar-refractivity contribution < 1.29 is 5.11 Å². The maximum Gasteiger partial charge on any atom is 0.250 e. The van der Waals surface area contributed by atoms with Crippen molar-refractivity contribution in [3.8, 4) is 5.75 Å². The Kier molecular flexibility index (Phi) is 4.74. The first-order valence-electron chi connectivity index (χ1n) is 7.69. The molecule has 124 valence electrons. The molecule has 3 aromatic rings. The van der Waals surface area contributed by atoms with Crippen molar-refractivity contribution in [3.63, 3.8) is 0 Å². The Morgan fingerprint density at radius 2 is 2.00 bits per heavy atom. The summed E-state index contributed by atoms with van der Waals surface area (Å²) in [7, 11) is 0. The first-order chi connectivity index (χ1) is 11.6. The van der Waals surface area contributed by atoms with Gasteiger partial charge in [0.2, 0.25) is 5.56 Å². The number of nitrogens with one attached hydrogen (secondary N) is 3. The monoisotopic (exact) mass is 343 g/mol. The molecule has 0 amide bonds. The molecule has 6 heteroatoms. The predicted molar refractivity (Wildman–Crippen MR) is 98.3 cm³/mol. The predicted octanol–water partition coefficient (Wildman–Crippen LogP) is 3.74. The number of anilines is 2. The molecular formula is C18H18ClN3O2. The zero-order valence-corrected chi connectivity index (χ0v) is 13.9. The van der Waals surface area contributed by atoms with Crippen LogP contribution in [-0.4, -0.2) is 16.6 Å². The molecule has 1 aromatic heterocycles. The van der Waals surface area contributed by atoms with E-state index in [1.54, 1.807) is 24.3 Å². The van der Waals surface area contributed by atoms with E-state index >= 15 is 0 Å². The van der Waals surface area contributed by atoms with E-state index in [2.05, 4.69) is 15.6 Å². The molecule has 3 rings (SSSR count). The molecule has 0 radical (unpaired) electrons. The van der Waals surface area contributed by atoms with Gasteiger partial charge in [-0.2, -0.15) is 0 Å². The quantitative estimate of drug-likeness (QED) is 0.532. The van der Waals surface area contributed by atoms with Gasteiger partial charge in [0, 0.05) is 34.3 Å². The average Bonchev–Trinajstić information content (AvgIpc) is 2.54. The third-order valence-corrected chi connectivity index (χ3v) is 3.96. The van der Waals surface area contributed by atoms with E-state index < -0.39 is 0 Å². The number of hydrogen-bond donors (Lipinski definition) is 4. The van der Waals surface area contributed by atoms with Gasteiger partial charge in [-0.25, -0.2) is 0 Å². The van der Waals surface area contributed by atoms with Crippen molar-refractivity contribution in [1.82, 2.24) is 10.3 Å². The second-order valence-electron chi connectivity index (χ2n) is 5.49. The summed E-state index contributed by atoms with van der Waals surface area (Å²) >= 11 is 5.99. The van der Waals surface area contributed by atoms with Crippen LogP contribution in [0.3, 0.4) is 0 Å². The molecule has 0 aliphatic rings. The molecule has 0 unspecified atom stereocenters. The van der Waals surface area contributed by atoms with Crippen LogP contribution in [0.25, 0.3) is 10.9 Å². The summed E-state index contributed by atoms with van der Waals surface area (Å²) in [5.41, 5.74) is 2.73. The van der Waals surface area contributed by atoms with Crippen LogP contribution >= 0.6 is 11.6 Å². The van der Waals surface area contributed by atoms with Gasteiger partial charge in [-0.15, -0.1) is 0 Å². The number of hydrogen-bond acceptors (Lipinski definition) is 4. The van der Waals surface area contributed by atoms with Gasteiger partial charge in [0.05, 0.1) is 11.2 Å². The van der Waals surface area contributed by atoms with Crippen LogP contribution in [0, 0.1) is 0 Å². The largest absolute Gasteiger partial charge is 0.508 e. The standard InChI is InChI=1S/C18H18ClN3O2/c1-2-20-10-11-7-13(4-6-17(11)23)21-16-9-18(24)22-15-8-12(19)3-5-14(15)16/h3-9,20,23H,2,10H2,1H3,(H2,21,22,24). The Hall–Kier alpha value is -2.50. The molecule has 0 aliphatic carbocycles. The van der Waals surface area contributed by atoms with Crippen LogP contribution in [0.1, 0.15) is 12.5 Å². The SMILES string of the molecule is CCNCc1cc(Nc2cc(=O)[nH]c3cc(Cl)ccc23)ccc1O. The lowest BCUT2D eigenvalue weighted by atomic mass is 10.1. The second-order valence-corrected chi connectivity index (χ2v) is 5.92. The van der Waals surface area contributed by atoms with E-state index in [0.29, 0.717) is 22.8 Å². The van der Waals surface area contributed by atoms with Crippen LogP contribution in [-0.2, 0) is 6.54 Å². The number of halogens is 1. The van der Waals surface area contributed by atoms with E-state index in [4.69, 9.17) is 11.6 Å². The zero-order chi connectivity index (χ0) is 17.1. The third kappa shape index (κ3) is 3.53. The van der Waals surface area contributed by atoms with Gasteiger partial charge in [-0.3, -0.25) is 4.79 Å². The Bertz CT molecular complexity index is 937. The Morgan fingerprint density at radius 1 is 1.17 bits per heavy atom. The minimum absolute atomic E-state index is 0.209. The lowest BCUT2D eigenvalue weighted by molar-refractivity contribution is 0.465. The highest BCUT2D eigenvalue weighted by Crippen LogP contribution is 2.28. The molecule has 4 N–H and O–H groups in total. The fraction of sp³-hybridized carbons (Fsp3) is 0.167. The number of pyridine rings is 1. The number of aromatic nitrogens is 1. The fourth-order valence-electron chi connectivity index (χ4n) is 2.56. The Morgan fingerprint density at radius 3 is 2.79 bits per heavy atom. The molecule has 0 fully saturated rings. The molecule has 0 bridgehead atoms. The molecule has 0 saturated carbocycles. The molecule has 2 aromatic carbocycles. The van der Waals surface area contributed by atoms with E-state index in [1.165, 1.54) is 6.07 Å². The second kappa shape index (κ2) is 6.95. The maximum atomic E-state index is 11.9. The fourth-order valence-corrected chi connectivity index (χ4v) is 2.73. The Labute approximate surface area is 144 Å². The first kappa shape index (κ1) is 16.4. The molecule has 0 spiro atoms. The first-order valence-corrected chi connectivity index (χ1v) is 8.07. The summed E-state index contributed by atoms with van der Waals surface area (Å²) in [6.45, 7) is 3.40. The van der Waals surface area contributed by atoms with Crippen LogP contribution in [0.5, 0.6) is 5.75 Å². The smallest absolute Gasteiger partial charge is 0.250 e. The molecular weight excluding hydrogens is 326 g/mol. The number of aromatic amines is 1. The summed E-state index contributed by atoms with van der Waals surface area (Å²) in [6, 6.07) is 12.1. The summed E-state index contributed by atoms with van der Waals surface area (Å²) in [4.78, 5) is 14.7. The highest BCUT2D eigenvalue weighted by molar-refractivity contribution is 6.31. The van der Waals surface area contributed by atoms with E-state index in [-0.39, 0.29) is 11.3 Å². The van der Waals surface area contributed by atoms with Crippen LogP contribution in [0.15, 0.2) is 47.3 Å². The van der Waals surface area contributed by atoms with Gasteiger partial charge in [0.15, 0.2) is 0 Å². The van der Waals surface area contributed by atoms with Crippen LogP contribution in [0.2, 0.25) is 5.02 Å². The summed E-state index contributed by atoms with van der Waals surface area (Å²) in [5, 5.41) is 17.8. The van der Waals surface area contributed by atoms with Gasteiger partial charge in [0.25, 0.3) is 0 Å². The van der Waals surface area contributed by atoms with Crippen molar-refractivity contribution in [2.45, 2.75) is 13.5 Å². The van der Waals surface area contributed by atoms with Crippen molar-refractivity contribution in [3.05, 3.63) is 63.4 Å². The summed E-state index contributed by atoms with van der Waals surface area (Å²) in [6.07, 6.45) is 0. The molecule has 5 nitrogen and oxygen atoms in total. The normalized spacial score (nSPS) is 10.9. The molecule has 1 heterocycles. The molecule has 0 atom stereocenters. The maximum absolute atomic E-state index is 11.9. The summed E-state index contributed by atoms with van der Waals surface area (Å²) < 4.78 is 0. The number of aromatic hydroxyl groups is 1. The minimum Gasteiger partial charge on any atom is -0.508 e. The van der Waals surface area contributed by atoms with Gasteiger partial charge in [0.1, 0.15) is 5.75 Å². The number of fused-ring (bicyclic) bond motifs is 1. The third-order valence-electron chi connectivity index (χ3n) is 3.73. The minimum atomic E-state index is -0.209. The molecule has 0 saturated heterocycles. The van der Waals surface area contributed by atoms with Gasteiger partial charge >= 0.3 is 0 Å². The summed E-state index contributed by atoms with van der Waals surface area (Å²) in [5.74, 6) is 0.240. The highest BCUT2D eigenvalue weighted by Gasteiger charge is 2.07. The van der Waals surface area contributed by atoms with Crippen molar-refractivity contribution >= 4 is 33.9 Å². The van der Waals surface area contributed by atoms with Crippen molar-refractivity contribution in [1.29, 1.82) is 0 Å². The number of rotatable bonds is 5. The van der Waals surface area contributed by atoms with Gasteiger partial charge in [-0.1, -0.05) is 18.5 Å². The number of H-pyrrole nitrogens is 1. The topological polar surface area (TPSA) is 77.1 Å². The van der Waals surface area contributed by atoms with Crippen LogP contribution < -0.4 is 16.2 Å². The number of benzene rings is 2. The molecule has 0 aliphatic heterocycles. The molecule has 24 heavy (non-hydrogen) atoms. The number of phenolic OH excluding ortho intramolecular Hbond substituents is 1. The lowest BCUT2D eigenvalue weighted by Crippen LogP contribution is -2.12. The van der Waals surface area contributed by atoms with E-state index in [9.17, 15) is 9.90 Å². The van der Waals surface area contributed by atoms with E-state index in [0.717, 1.165) is 23.2 Å². The highest BCUT2D eigenvalue weighted by atomic mass is 35.5. The van der Waals surface area contributed by atoms with Gasteiger partial charge in [-0.05, 0) is 42.9 Å². The Balaban J connectivity index is 1.99. The number of phenols is 1. The van der Waals surface area contributed by atoms with Crippen molar-refractivity contribution in [2.24, 2.45) is 0 Å². The lowest BCUT2D eigenvalue weighted by Gasteiger charge is -2.12.